The lowest BCUT2D eigenvalue weighted by Crippen LogP contribution is -2.12. The second-order valence-electron chi connectivity index (χ2n) is 4.51. The zero-order chi connectivity index (χ0) is 14.7. The van der Waals surface area contributed by atoms with Gasteiger partial charge >= 0.3 is 0 Å². The molecule has 8 heteroatoms. The predicted octanol–water partition coefficient (Wildman–Crippen LogP) is 4.84. The average Bonchev–Trinajstić information content (AvgIpc) is 2.84. The molecule has 0 radical (unpaired) electrons. The van der Waals surface area contributed by atoms with Gasteiger partial charge in [0.25, 0.3) is 5.91 Å². The molecular formula is C14H18BrCl2N3OS. The third-order valence-electron chi connectivity index (χ3n) is 2.84. The first kappa shape index (κ1) is 21.2. The summed E-state index contributed by atoms with van der Waals surface area (Å²) in [5.41, 5.74) is 8.11. The number of hydrogen-bond donors (Lipinski definition) is 2. The Bertz CT molecular complexity index is 649. The van der Waals surface area contributed by atoms with Gasteiger partial charge in [0.15, 0.2) is 0 Å². The fourth-order valence-corrected chi connectivity index (χ4v) is 3.27. The van der Waals surface area contributed by atoms with Crippen LogP contribution in [-0.2, 0) is 6.42 Å². The van der Waals surface area contributed by atoms with Gasteiger partial charge in [0.05, 0.1) is 22.6 Å². The van der Waals surface area contributed by atoms with Gasteiger partial charge in [-0.05, 0) is 37.5 Å². The number of carbonyl (C=O) groups excluding carboxylic acids is 1. The zero-order valence-electron chi connectivity index (χ0n) is 12.2. The Labute approximate surface area is 154 Å². The highest BCUT2D eigenvalue weighted by Gasteiger charge is 2.13. The van der Waals surface area contributed by atoms with Crippen molar-refractivity contribution in [2.75, 3.05) is 11.1 Å². The summed E-state index contributed by atoms with van der Waals surface area (Å²) in [6, 6.07) is 3.71. The maximum absolute atomic E-state index is 12.2. The number of nitrogens with two attached hydrogens (primary N) is 1. The van der Waals surface area contributed by atoms with E-state index >= 15 is 0 Å². The quantitative estimate of drug-likeness (QED) is 0.686. The maximum Gasteiger partial charge on any atom is 0.267 e. The molecule has 0 spiro atoms. The Kier molecular flexibility index (Phi) is 9.00. The molecule has 0 bridgehead atoms. The molecule has 0 aliphatic rings. The minimum atomic E-state index is -0.172. The lowest BCUT2D eigenvalue weighted by atomic mass is 10.1. The van der Waals surface area contributed by atoms with E-state index in [1.807, 2.05) is 13.0 Å². The number of hydrogen-bond acceptors (Lipinski definition) is 4. The Balaban J connectivity index is 0.00000220. The molecule has 3 N–H and O–H groups in total. The van der Waals surface area contributed by atoms with Crippen molar-refractivity contribution in [2.45, 2.75) is 26.7 Å². The van der Waals surface area contributed by atoms with Crippen LogP contribution in [0.1, 0.15) is 33.6 Å². The largest absolute Gasteiger partial charge is 0.397 e. The Morgan fingerprint density at radius 3 is 2.73 bits per heavy atom. The van der Waals surface area contributed by atoms with Crippen molar-refractivity contribution >= 4 is 69.4 Å². The van der Waals surface area contributed by atoms with Crippen molar-refractivity contribution in [1.29, 1.82) is 0 Å². The molecule has 1 aromatic carbocycles. The molecule has 22 heavy (non-hydrogen) atoms. The zero-order valence-corrected chi connectivity index (χ0v) is 16.2. The highest BCUT2D eigenvalue weighted by Crippen LogP contribution is 2.28. The van der Waals surface area contributed by atoms with Crippen LogP contribution >= 0.6 is 52.1 Å². The van der Waals surface area contributed by atoms with Gasteiger partial charge in [0.2, 0.25) is 0 Å². The molecule has 4 nitrogen and oxygen atoms in total. The summed E-state index contributed by atoms with van der Waals surface area (Å²) in [4.78, 5) is 17.0. The van der Waals surface area contributed by atoms with Gasteiger partial charge in [-0.25, -0.2) is 4.98 Å². The van der Waals surface area contributed by atoms with Gasteiger partial charge in [-0.15, -0.1) is 36.2 Å². The van der Waals surface area contributed by atoms with Gasteiger partial charge in [0, 0.05) is 4.47 Å². The summed E-state index contributed by atoms with van der Waals surface area (Å²) in [6.45, 7) is 3.99. The molecule has 0 fully saturated rings. The summed E-state index contributed by atoms with van der Waals surface area (Å²) in [6.07, 6.45) is 3.54. The van der Waals surface area contributed by atoms with E-state index < -0.39 is 0 Å². The third kappa shape index (κ3) is 5.12. The van der Waals surface area contributed by atoms with E-state index in [1.165, 1.54) is 11.3 Å². The molecule has 1 heterocycles. The van der Waals surface area contributed by atoms with E-state index in [4.69, 9.17) is 5.73 Å². The lowest BCUT2D eigenvalue weighted by Gasteiger charge is -2.10. The molecule has 0 saturated carbocycles. The number of thiazole rings is 1. The predicted molar refractivity (Wildman–Crippen MR) is 102 cm³/mol. The van der Waals surface area contributed by atoms with E-state index in [1.54, 1.807) is 12.3 Å². The van der Waals surface area contributed by atoms with Crippen molar-refractivity contribution in [3.63, 3.8) is 0 Å². The molecule has 0 aliphatic carbocycles. The fraction of sp³-hybridized carbons (Fsp3) is 0.286. The van der Waals surface area contributed by atoms with Crippen molar-refractivity contribution in [3.05, 3.63) is 38.3 Å². The molecule has 1 aromatic heterocycles. The standard InChI is InChI=1S/C14H16BrN3OS.2ClH/c1-3-4-12-17-7-11(20-12)14(19)18-10-6-9(15)5-8(2)13(10)16;;/h5-7H,3-4,16H2,1-2H3,(H,18,19);2*1H. The Morgan fingerprint density at radius 2 is 2.09 bits per heavy atom. The molecule has 0 atom stereocenters. The van der Waals surface area contributed by atoms with Crippen LogP contribution < -0.4 is 11.1 Å². The number of anilines is 2. The van der Waals surface area contributed by atoms with E-state index in [0.717, 1.165) is 27.9 Å². The molecule has 1 amide bonds. The number of nitrogens with zero attached hydrogens (tertiary/aromatic N) is 1. The smallest absolute Gasteiger partial charge is 0.267 e. The second kappa shape index (κ2) is 9.35. The van der Waals surface area contributed by atoms with Gasteiger partial charge in [-0.2, -0.15) is 0 Å². The third-order valence-corrected chi connectivity index (χ3v) is 4.35. The molecule has 122 valence electrons. The Hall–Kier alpha value is -0.820. The van der Waals surface area contributed by atoms with E-state index in [9.17, 15) is 4.79 Å². The molecule has 0 unspecified atom stereocenters. The molecule has 2 rings (SSSR count). The van der Waals surface area contributed by atoms with Crippen molar-refractivity contribution in [2.24, 2.45) is 0 Å². The van der Waals surface area contributed by atoms with Crippen LogP contribution in [0.2, 0.25) is 0 Å². The monoisotopic (exact) mass is 425 g/mol. The number of benzene rings is 1. The van der Waals surface area contributed by atoms with Crippen LogP contribution in [0, 0.1) is 6.92 Å². The normalized spacial score (nSPS) is 9.59. The van der Waals surface area contributed by atoms with Crippen LogP contribution in [-0.4, -0.2) is 10.9 Å². The lowest BCUT2D eigenvalue weighted by molar-refractivity contribution is 0.103. The highest BCUT2D eigenvalue weighted by atomic mass is 79.9. The first-order valence-corrected chi connectivity index (χ1v) is 7.94. The first-order chi connectivity index (χ1) is 9.51. The van der Waals surface area contributed by atoms with Crippen molar-refractivity contribution < 1.29 is 4.79 Å². The van der Waals surface area contributed by atoms with E-state index in [-0.39, 0.29) is 30.7 Å². The van der Waals surface area contributed by atoms with Crippen molar-refractivity contribution in [3.8, 4) is 0 Å². The van der Waals surface area contributed by atoms with Crippen molar-refractivity contribution in [1.82, 2.24) is 4.98 Å². The number of nitrogen functional groups attached to an aromatic ring is 1. The van der Waals surface area contributed by atoms with Crippen LogP contribution in [0.5, 0.6) is 0 Å². The highest BCUT2D eigenvalue weighted by molar-refractivity contribution is 9.10. The molecule has 2 aromatic rings. The van der Waals surface area contributed by atoms with E-state index in [0.29, 0.717) is 16.3 Å². The van der Waals surface area contributed by atoms with Gasteiger partial charge < -0.3 is 11.1 Å². The Morgan fingerprint density at radius 1 is 1.41 bits per heavy atom. The molecule has 0 saturated heterocycles. The minimum Gasteiger partial charge on any atom is -0.397 e. The van der Waals surface area contributed by atoms with Gasteiger partial charge in [-0.3, -0.25) is 4.79 Å². The minimum absolute atomic E-state index is 0. The second-order valence-corrected chi connectivity index (χ2v) is 6.54. The molecule has 0 aliphatic heterocycles. The van der Waals surface area contributed by atoms with Gasteiger partial charge in [0.1, 0.15) is 4.88 Å². The number of aryl methyl sites for hydroxylation is 2. The van der Waals surface area contributed by atoms with Crippen LogP contribution in [0.15, 0.2) is 22.8 Å². The SMILES string of the molecule is CCCc1ncc(C(=O)Nc2cc(Br)cc(C)c2N)s1.Cl.Cl. The number of aromatic nitrogens is 1. The topological polar surface area (TPSA) is 68.0 Å². The van der Waals surface area contributed by atoms with Crippen LogP contribution in [0.3, 0.4) is 0 Å². The van der Waals surface area contributed by atoms with Gasteiger partial charge in [-0.1, -0.05) is 22.9 Å². The summed E-state index contributed by atoms with van der Waals surface area (Å²) in [7, 11) is 0. The fourth-order valence-electron chi connectivity index (χ4n) is 1.79. The summed E-state index contributed by atoms with van der Waals surface area (Å²) >= 11 is 4.82. The first-order valence-electron chi connectivity index (χ1n) is 6.33. The number of amides is 1. The van der Waals surface area contributed by atoms with Crippen LogP contribution in [0.25, 0.3) is 0 Å². The summed E-state index contributed by atoms with van der Waals surface area (Å²) < 4.78 is 0.885. The number of carbonyl (C=O) groups is 1. The average molecular weight is 427 g/mol. The van der Waals surface area contributed by atoms with Crippen LogP contribution in [0.4, 0.5) is 11.4 Å². The number of halogens is 3. The number of rotatable bonds is 4. The number of nitrogens with one attached hydrogen (secondary N) is 1. The molecular weight excluding hydrogens is 409 g/mol. The maximum atomic E-state index is 12.2. The summed E-state index contributed by atoms with van der Waals surface area (Å²) in [5.74, 6) is -0.172. The summed E-state index contributed by atoms with van der Waals surface area (Å²) in [5, 5.41) is 3.82. The van der Waals surface area contributed by atoms with E-state index in [2.05, 4.69) is 33.2 Å².